The maximum absolute atomic E-state index is 5.85. The van der Waals surface area contributed by atoms with E-state index in [1.54, 1.807) is 0 Å². The average Bonchev–Trinajstić information content (AvgIpc) is 2.31. The summed E-state index contributed by atoms with van der Waals surface area (Å²) in [5, 5.41) is 4.82. The van der Waals surface area contributed by atoms with Gasteiger partial charge in [0.2, 0.25) is 6.29 Å². The molecule has 1 aromatic carbocycles. The number of alkyl halides is 1. The van der Waals surface area contributed by atoms with Gasteiger partial charge in [-0.2, -0.15) is 0 Å². The highest BCUT2D eigenvalue weighted by Gasteiger charge is 2.26. The third kappa shape index (κ3) is 3.21. The van der Waals surface area contributed by atoms with Crippen molar-refractivity contribution in [3.8, 4) is 0 Å². The molecule has 0 spiro atoms. The van der Waals surface area contributed by atoms with Crippen molar-refractivity contribution in [2.45, 2.75) is 24.5 Å². The Balaban J connectivity index is 2.14. The predicted octanol–water partition coefficient (Wildman–Crippen LogP) is 3.59. The zero-order chi connectivity index (χ0) is 12.3. The van der Waals surface area contributed by atoms with Crippen molar-refractivity contribution in [1.82, 2.24) is 0 Å². The minimum atomic E-state index is -0.263. The Hall–Kier alpha value is -0.580. The number of hydrogen-bond acceptors (Lipinski definition) is 3. The van der Waals surface area contributed by atoms with Gasteiger partial charge in [-0.3, -0.25) is 0 Å². The minimum Gasteiger partial charge on any atom is -0.363 e. The molecule has 1 heterocycles. The van der Waals surface area contributed by atoms with Crippen molar-refractivity contribution < 1.29 is 9.57 Å². The summed E-state index contributed by atoms with van der Waals surface area (Å²) >= 11 is 9.45. The highest BCUT2D eigenvalue weighted by molar-refractivity contribution is 9.10. The summed E-state index contributed by atoms with van der Waals surface area (Å²) in [6, 6.07) is 7.54. The lowest BCUT2D eigenvalue weighted by molar-refractivity contribution is -0.145. The van der Waals surface area contributed by atoms with Crippen molar-refractivity contribution in [1.29, 1.82) is 0 Å². The Labute approximate surface area is 114 Å². The van der Waals surface area contributed by atoms with Crippen LogP contribution in [0.2, 0.25) is 5.02 Å². The molecule has 0 saturated carbocycles. The summed E-state index contributed by atoms with van der Waals surface area (Å²) in [5.41, 5.74) is 1.88. The molecule has 17 heavy (non-hydrogen) atoms. The normalized spacial score (nSPS) is 24.1. The van der Waals surface area contributed by atoms with Crippen LogP contribution in [0.3, 0.4) is 0 Å². The summed E-state index contributed by atoms with van der Waals surface area (Å²) in [4.78, 5) is 5.42. The number of hydrogen-bond donors (Lipinski definition) is 0. The van der Waals surface area contributed by atoms with Crippen LogP contribution in [-0.2, 0) is 9.57 Å². The van der Waals surface area contributed by atoms with E-state index in [1.807, 2.05) is 31.2 Å². The molecule has 0 bridgehead atoms. The zero-order valence-corrected chi connectivity index (χ0v) is 11.7. The van der Waals surface area contributed by atoms with Gasteiger partial charge in [0, 0.05) is 23.6 Å². The molecule has 0 amide bonds. The average molecular weight is 319 g/mol. The van der Waals surface area contributed by atoms with Crippen LogP contribution in [0.25, 0.3) is 0 Å². The van der Waals surface area contributed by atoms with Gasteiger partial charge in [-0.05, 0) is 19.1 Å². The van der Waals surface area contributed by atoms with Gasteiger partial charge in [0.15, 0.2) is 0 Å². The van der Waals surface area contributed by atoms with Crippen molar-refractivity contribution in [3.05, 3.63) is 34.9 Å². The van der Waals surface area contributed by atoms with Crippen molar-refractivity contribution in [2.75, 3.05) is 6.61 Å². The largest absolute Gasteiger partial charge is 0.363 e. The minimum absolute atomic E-state index is 0.133. The molecular weight excluding hydrogens is 305 g/mol. The fourth-order valence-electron chi connectivity index (χ4n) is 1.63. The van der Waals surface area contributed by atoms with Crippen LogP contribution in [0, 0.1) is 0 Å². The van der Waals surface area contributed by atoms with Crippen LogP contribution in [-0.4, -0.2) is 23.4 Å². The maximum Gasteiger partial charge on any atom is 0.228 e. The molecule has 1 aliphatic heterocycles. The van der Waals surface area contributed by atoms with E-state index in [1.165, 1.54) is 0 Å². The fourth-order valence-corrected chi connectivity index (χ4v) is 2.41. The van der Waals surface area contributed by atoms with Crippen LogP contribution in [0.15, 0.2) is 29.4 Å². The Morgan fingerprint density at radius 3 is 2.76 bits per heavy atom. The molecule has 92 valence electrons. The van der Waals surface area contributed by atoms with Gasteiger partial charge in [-0.15, -0.1) is 0 Å². The topological polar surface area (TPSA) is 30.8 Å². The lowest BCUT2D eigenvalue weighted by Gasteiger charge is -2.24. The first-order valence-corrected chi connectivity index (χ1v) is 6.75. The van der Waals surface area contributed by atoms with Gasteiger partial charge in [0.05, 0.1) is 4.83 Å². The molecule has 0 radical (unpaired) electrons. The first-order chi connectivity index (χ1) is 8.20. The third-order valence-electron chi connectivity index (χ3n) is 2.46. The second kappa shape index (κ2) is 5.85. The molecule has 1 aromatic rings. The number of nitrogens with zero attached hydrogens (tertiary/aromatic N) is 1. The summed E-state index contributed by atoms with van der Waals surface area (Å²) in [6.45, 7) is 2.56. The van der Waals surface area contributed by atoms with Gasteiger partial charge in [-0.1, -0.05) is 44.8 Å². The van der Waals surface area contributed by atoms with E-state index in [0.717, 1.165) is 17.7 Å². The number of benzene rings is 1. The second-order valence-corrected chi connectivity index (χ2v) is 5.22. The molecule has 0 aliphatic carbocycles. The van der Waals surface area contributed by atoms with Crippen LogP contribution >= 0.6 is 27.5 Å². The van der Waals surface area contributed by atoms with Crippen LogP contribution in [0.5, 0.6) is 0 Å². The first-order valence-electron chi connectivity index (χ1n) is 5.46. The van der Waals surface area contributed by atoms with Crippen molar-refractivity contribution >= 4 is 33.2 Å². The Bertz CT molecular complexity index is 407. The standard InChI is InChI=1S/C12H13BrClNO2/c1-2-16-11-7-10(13)12(15-17-11)8-3-5-9(14)6-4-8/h3-6,10-11H,2,7H2,1H3/t10-,11-/m1/s1. The lowest BCUT2D eigenvalue weighted by atomic mass is 10.1. The summed E-state index contributed by atoms with van der Waals surface area (Å²) in [7, 11) is 0. The monoisotopic (exact) mass is 317 g/mol. The maximum atomic E-state index is 5.85. The molecule has 5 heteroatoms. The van der Waals surface area contributed by atoms with E-state index in [4.69, 9.17) is 21.2 Å². The summed E-state index contributed by atoms with van der Waals surface area (Å²) in [6.07, 6.45) is 0.482. The molecule has 0 saturated heterocycles. The lowest BCUT2D eigenvalue weighted by Crippen LogP contribution is -2.30. The zero-order valence-electron chi connectivity index (χ0n) is 9.40. The van der Waals surface area contributed by atoms with Crippen LogP contribution < -0.4 is 0 Å². The molecule has 0 unspecified atom stereocenters. The molecule has 1 aliphatic rings. The quantitative estimate of drug-likeness (QED) is 0.797. The molecule has 0 N–H and O–H groups in total. The number of rotatable bonds is 3. The number of ether oxygens (including phenoxy) is 1. The predicted molar refractivity (Wildman–Crippen MR) is 71.8 cm³/mol. The van der Waals surface area contributed by atoms with Gasteiger partial charge >= 0.3 is 0 Å². The Kier molecular flexibility index (Phi) is 4.42. The van der Waals surface area contributed by atoms with Gasteiger partial charge in [0.1, 0.15) is 5.71 Å². The Morgan fingerprint density at radius 1 is 1.47 bits per heavy atom. The Morgan fingerprint density at radius 2 is 2.18 bits per heavy atom. The third-order valence-corrected chi connectivity index (χ3v) is 3.52. The molecular formula is C12H13BrClNO2. The van der Waals surface area contributed by atoms with E-state index in [-0.39, 0.29) is 11.1 Å². The van der Waals surface area contributed by atoms with Crippen molar-refractivity contribution in [3.63, 3.8) is 0 Å². The van der Waals surface area contributed by atoms with Gasteiger partial charge < -0.3 is 9.57 Å². The van der Waals surface area contributed by atoms with Crippen LogP contribution in [0.1, 0.15) is 18.9 Å². The van der Waals surface area contributed by atoms with E-state index in [2.05, 4.69) is 21.1 Å². The van der Waals surface area contributed by atoms with E-state index in [0.29, 0.717) is 11.6 Å². The molecule has 2 atom stereocenters. The fraction of sp³-hybridized carbons (Fsp3) is 0.417. The SMILES string of the molecule is CCO[C@H]1C[C@@H](Br)C(c2ccc(Cl)cc2)=NO1. The highest BCUT2D eigenvalue weighted by atomic mass is 79.9. The van der Waals surface area contributed by atoms with E-state index in [9.17, 15) is 0 Å². The van der Waals surface area contributed by atoms with E-state index < -0.39 is 0 Å². The smallest absolute Gasteiger partial charge is 0.228 e. The van der Waals surface area contributed by atoms with Crippen LogP contribution in [0.4, 0.5) is 0 Å². The molecule has 0 aromatic heterocycles. The number of halogens is 2. The molecule has 2 rings (SSSR count). The van der Waals surface area contributed by atoms with Gasteiger partial charge in [-0.25, -0.2) is 0 Å². The second-order valence-electron chi connectivity index (χ2n) is 3.68. The first kappa shape index (κ1) is 12.9. The highest BCUT2D eigenvalue weighted by Crippen LogP contribution is 2.24. The van der Waals surface area contributed by atoms with Crippen molar-refractivity contribution in [2.24, 2.45) is 5.16 Å². The molecule has 0 fully saturated rings. The number of oxime groups is 1. The molecule has 3 nitrogen and oxygen atoms in total. The summed E-state index contributed by atoms with van der Waals surface area (Å²) in [5.74, 6) is 0. The van der Waals surface area contributed by atoms with E-state index >= 15 is 0 Å². The van der Waals surface area contributed by atoms with Gasteiger partial charge in [0.25, 0.3) is 0 Å². The summed E-state index contributed by atoms with van der Waals surface area (Å²) < 4.78 is 5.38.